The second kappa shape index (κ2) is 11.3. The van der Waals surface area contributed by atoms with Crippen LogP contribution >= 0.6 is 11.6 Å². The van der Waals surface area contributed by atoms with E-state index >= 15 is 0 Å². The SMILES string of the molecule is CCCCOc1ccc2c(N3CCC(C(=O)N4CCN(C(=N)C(F)(F)F)C(=N)C4)C(C)C3)c(Cl)cnc2c1. The Hall–Kier alpha value is -3.08. The highest BCUT2D eigenvalue weighted by molar-refractivity contribution is 6.34. The van der Waals surface area contributed by atoms with E-state index in [-0.39, 0.29) is 37.4 Å². The first-order chi connectivity index (χ1) is 18.0. The van der Waals surface area contributed by atoms with Gasteiger partial charge in [-0.3, -0.25) is 20.6 Å². The maximum Gasteiger partial charge on any atom is 0.449 e. The van der Waals surface area contributed by atoms with Crippen LogP contribution < -0.4 is 9.64 Å². The van der Waals surface area contributed by atoms with E-state index in [4.69, 9.17) is 27.2 Å². The van der Waals surface area contributed by atoms with E-state index in [1.807, 2.05) is 25.1 Å². The molecule has 2 aliphatic heterocycles. The molecule has 3 heterocycles. The van der Waals surface area contributed by atoms with Crippen molar-refractivity contribution in [2.75, 3.05) is 44.2 Å². The number of hydrogen-bond acceptors (Lipinski definition) is 6. The minimum Gasteiger partial charge on any atom is -0.494 e. The van der Waals surface area contributed by atoms with Crippen LogP contribution in [0.25, 0.3) is 10.9 Å². The number of nitrogens with zero attached hydrogens (tertiary/aromatic N) is 4. The molecule has 38 heavy (non-hydrogen) atoms. The van der Waals surface area contributed by atoms with Gasteiger partial charge in [-0.05, 0) is 30.9 Å². The number of aromatic nitrogens is 1. The second-order valence-electron chi connectivity index (χ2n) is 9.86. The summed E-state index contributed by atoms with van der Waals surface area (Å²) in [5.74, 6) is -1.76. The van der Waals surface area contributed by atoms with Gasteiger partial charge in [-0.15, -0.1) is 0 Å². The third-order valence-corrected chi connectivity index (χ3v) is 7.46. The molecule has 1 aromatic heterocycles. The number of piperidine rings is 1. The molecule has 2 aliphatic rings. The quantitative estimate of drug-likeness (QED) is 0.292. The van der Waals surface area contributed by atoms with Gasteiger partial charge in [-0.2, -0.15) is 13.2 Å². The number of fused-ring (bicyclic) bond motifs is 1. The van der Waals surface area contributed by atoms with Crippen molar-refractivity contribution in [3.05, 3.63) is 29.4 Å². The van der Waals surface area contributed by atoms with Gasteiger partial charge in [0.05, 0.1) is 29.4 Å². The first-order valence-electron chi connectivity index (χ1n) is 12.8. The number of carbonyl (C=O) groups excluding carboxylic acids is 1. The van der Waals surface area contributed by atoms with Crippen molar-refractivity contribution in [3.63, 3.8) is 0 Å². The van der Waals surface area contributed by atoms with Crippen LogP contribution in [-0.2, 0) is 4.79 Å². The Morgan fingerprint density at radius 1 is 1.26 bits per heavy atom. The number of unbranched alkanes of at least 4 members (excludes halogenated alkanes) is 1. The van der Waals surface area contributed by atoms with Crippen molar-refractivity contribution >= 4 is 45.8 Å². The number of piperazine rings is 1. The summed E-state index contributed by atoms with van der Waals surface area (Å²) in [6, 6.07) is 5.76. The van der Waals surface area contributed by atoms with Crippen LogP contribution in [0.15, 0.2) is 24.4 Å². The molecular formula is C26H32ClF3N6O2. The van der Waals surface area contributed by atoms with Crippen molar-refractivity contribution < 1.29 is 22.7 Å². The van der Waals surface area contributed by atoms with Crippen molar-refractivity contribution in [2.45, 2.75) is 39.3 Å². The highest BCUT2D eigenvalue weighted by Gasteiger charge is 2.43. The highest BCUT2D eigenvalue weighted by atomic mass is 35.5. The Labute approximate surface area is 224 Å². The lowest BCUT2D eigenvalue weighted by Gasteiger charge is -2.42. The molecule has 4 rings (SSSR count). The van der Waals surface area contributed by atoms with Gasteiger partial charge in [0.1, 0.15) is 11.6 Å². The molecule has 0 saturated carbocycles. The number of amides is 1. The first-order valence-corrected chi connectivity index (χ1v) is 13.1. The fourth-order valence-electron chi connectivity index (χ4n) is 5.12. The molecule has 2 saturated heterocycles. The number of amidine groups is 2. The van der Waals surface area contributed by atoms with E-state index in [9.17, 15) is 18.0 Å². The van der Waals surface area contributed by atoms with Gasteiger partial charge < -0.3 is 19.4 Å². The van der Waals surface area contributed by atoms with Crippen LogP contribution in [0.5, 0.6) is 5.75 Å². The molecule has 2 atom stereocenters. The normalized spacial score (nSPS) is 20.7. The molecule has 0 radical (unpaired) electrons. The number of benzene rings is 1. The number of alkyl halides is 3. The zero-order valence-corrected chi connectivity index (χ0v) is 22.2. The molecular weight excluding hydrogens is 521 g/mol. The van der Waals surface area contributed by atoms with Crippen molar-refractivity contribution in [3.8, 4) is 5.75 Å². The van der Waals surface area contributed by atoms with Crippen LogP contribution in [0.4, 0.5) is 18.9 Å². The maximum atomic E-state index is 13.3. The molecule has 0 aliphatic carbocycles. The molecule has 12 heteroatoms. The lowest BCUT2D eigenvalue weighted by atomic mass is 9.85. The summed E-state index contributed by atoms with van der Waals surface area (Å²) in [5.41, 5.74) is 1.63. The van der Waals surface area contributed by atoms with Crippen LogP contribution in [0, 0.1) is 22.7 Å². The number of pyridine rings is 1. The van der Waals surface area contributed by atoms with Gasteiger partial charge in [0, 0.05) is 49.7 Å². The summed E-state index contributed by atoms with van der Waals surface area (Å²) in [4.78, 5) is 22.0. The predicted octanol–water partition coefficient (Wildman–Crippen LogP) is 5.19. The minimum atomic E-state index is -4.83. The summed E-state index contributed by atoms with van der Waals surface area (Å²) in [6.07, 6.45) is -0.645. The third-order valence-electron chi connectivity index (χ3n) is 7.18. The molecule has 8 nitrogen and oxygen atoms in total. The summed E-state index contributed by atoms with van der Waals surface area (Å²) in [7, 11) is 0. The van der Waals surface area contributed by atoms with E-state index in [0.717, 1.165) is 35.2 Å². The third kappa shape index (κ3) is 5.82. The Kier molecular flexibility index (Phi) is 8.34. The van der Waals surface area contributed by atoms with Crippen molar-refractivity contribution in [1.82, 2.24) is 14.8 Å². The van der Waals surface area contributed by atoms with Gasteiger partial charge in [-0.1, -0.05) is 31.9 Å². The number of hydrogen-bond donors (Lipinski definition) is 2. The summed E-state index contributed by atoms with van der Waals surface area (Å²) in [6.45, 7) is 5.44. The molecule has 0 bridgehead atoms. The molecule has 1 amide bonds. The lowest BCUT2D eigenvalue weighted by Crippen LogP contribution is -2.58. The zero-order valence-electron chi connectivity index (χ0n) is 21.4. The van der Waals surface area contributed by atoms with Gasteiger partial charge in [0.25, 0.3) is 0 Å². The monoisotopic (exact) mass is 552 g/mol. The van der Waals surface area contributed by atoms with Crippen LogP contribution in [0.3, 0.4) is 0 Å². The Balaban J connectivity index is 1.44. The minimum absolute atomic E-state index is 0.0378. The van der Waals surface area contributed by atoms with Gasteiger partial charge in [0.15, 0.2) is 0 Å². The second-order valence-corrected chi connectivity index (χ2v) is 10.3. The summed E-state index contributed by atoms with van der Waals surface area (Å²) in [5, 5.41) is 16.7. The highest BCUT2D eigenvalue weighted by Crippen LogP contribution is 2.38. The Morgan fingerprint density at radius 2 is 2.03 bits per heavy atom. The average Bonchev–Trinajstić information content (AvgIpc) is 2.87. The topological polar surface area (TPSA) is 96.6 Å². The van der Waals surface area contributed by atoms with Gasteiger partial charge in [-0.25, -0.2) is 0 Å². The molecule has 2 aromatic rings. The lowest BCUT2D eigenvalue weighted by molar-refractivity contribution is -0.137. The number of ether oxygens (including phenoxy) is 1. The van der Waals surface area contributed by atoms with E-state index in [1.165, 1.54) is 4.90 Å². The fraction of sp³-hybridized carbons (Fsp3) is 0.538. The smallest absolute Gasteiger partial charge is 0.449 e. The molecule has 0 spiro atoms. The molecule has 206 valence electrons. The molecule has 2 N–H and O–H groups in total. The van der Waals surface area contributed by atoms with Crippen LogP contribution in [-0.4, -0.2) is 77.9 Å². The average molecular weight is 553 g/mol. The number of anilines is 1. The Bertz CT molecular complexity index is 1220. The summed E-state index contributed by atoms with van der Waals surface area (Å²) >= 11 is 6.60. The zero-order chi connectivity index (χ0) is 27.6. The van der Waals surface area contributed by atoms with Gasteiger partial charge in [0.2, 0.25) is 11.7 Å². The Morgan fingerprint density at radius 3 is 2.68 bits per heavy atom. The number of rotatable bonds is 6. The number of carbonyl (C=O) groups is 1. The van der Waals surface area contributed by atoms with E-state index in [0.29, 0.717) is 36.0 Å². The number of nitrogens with one attached hydrogen (secondary N) is 2. The summed E-state index contributed by atoms with van der Waals surface area (Å²) < 4.78 is 44.6. The molecule has 1 aromatic carbocycles. The van der Waals surface area contributed by atoms with Crippen LogP contribution in [0.1, 0.15) is 33.1 Å². The molecule has 2 fully saturated rings. The fourth-order valence-corrected chi connectivity index (χ4v) is 5.39. The van der Waals surface area contributed by atoms with E-state index in [1.54, 1.807) is 6.20 Å². The first kappa shape index (κ1) is 27.9. The van der Waals surface area contributed by atoms with E-state index < -0.39 is 17.8 Å². The van der Waals surface area contributed by atoms with E-state index in [2.05, 4.69) is 16.8 Å². The van der Waals surface area contributed by atoms with Gasteiger partial charge >= 0.3 is 6.18 Å². The maximum absolute atomic E-state index is 13.3. The van der Waals surface area contributed by atoms with Crippen LogP contribution in [0.2, 0.25) is 5.02 Å². The van der Waals surface area contributed by atoms with Crippen molar-refractivity contribution in [1.29, 1.82) is 10.8 Å². The van der Waals surface area contributed by atoms with Crippen molar-refractivity contribution in [2.24, 2.45) is 11.8 Å². The standard InChI is InChI=1S/C26H32ClF3N6O2/c1-3-4-11-38-17-5-6-19-21(12-17)33-13-20(27)23(19)34-8-7-18(16(2)14-34)24(37)35-9-10-36(22(31)15-35)25(32)26(28,29)30/h5-6,12-13,16,18,31-32H,3-4,7-11,14-15H2,1-2H3. The number of halogens is 4. The molecule has 2 unspecified atom stereocenters. The predicted molar refractivity (Wildman–Crippen MR) is 141 cm³/mol. The largest absolute Gasteiger partial charge is 0.494 e.